The number of aliphatic hydroxyl groups excluding tert-OH is 2. The van der Waals surface area contributed by atoms with Crippen molar-refractivity contribution in [2.45, 2.75) is 50.5 Å². The van der Waals surface area contributed by atoms with Gasteiger partial charge in [0.25, 0.3) is 0 Å². The first-order valence-electron chi connectivity index (χ1n) is 7.41. The molecule has 19 heavy (non-hydrogen) atoms. The smallest absolute Gasteiger partial charge is 0.133 e. The van der Waals surface area contributed by atoms with Gasteiger partial charge in [-0.15, -0.1) is 0 Å². The van der Waals surface area contributed by atoms with Crippen molar-refractivity contribution < 1.29 is 19.7 Å². The van der Waals surface area contributed by atoms with Gasteiger partial charge in [0.2, 0.25) is 0 Å². The predicted molar refractivity (Wildman–Crippen MR) is 71.8 cm³/mol. The standard InChI is InChI=1S/C14H27NO4/c1-18-10-12(16)9-11-4-6-15(7-5-11)14(17)13-3-2-8-19-13/h11-14,16-17H,2-10H2,1H3. The van der Waals surface area contributed by atoms with E-state index >= 15 is 0 Å². The van der Waals surface area contributed by atoms with Crippen molar-refractivity contribution in [2.75, 3.05) is 33.4 Å². The third-order valence-corrected chi connectivity index (χ3v) is 4.29. The van der Waals surface area contributed by atoms with E-state index in [1.54, 1.807) is 7.11 Å². The molecule has 5 nitrogen and oxygen atoms in total. The lowest BCUT2D eigenvalue weighted by atomic mass is 9.91. The van der Waals surface area contributed by atoms with Gasteiger partial charge in [0, 0.05) is 26.8 Å². The molecule has 2 heterocycles. The van der Waals surface area contributed by atoms with Gasteiger partial charge in [-0.2, -0.15) is 0 Å². The fourth-order valence-electron chi connectivity index (χ4n) is 3.17. The molecule has 0 spiro atoms. The Bertz CT molecular complexity index is 250. The zero-order valence-electron chi connectivity index (χ0n) is 11.8. The van der Waals surface area contributed by atoms with Crippen LogP contribution in [-0.4, -0.2) is 67.0 Å². The zero-order chi connectivity index (χ0) is 13.7. The summed E-state index contributed by atoms with van der Waals surface area (Å²) in [6, 6.07) is 0. The molecular weight excluding hydrogens is 246 g/mol. The monoisotopic (exact) mass is 273 g/mol. The molecule has 0 amide bonds. The quantitative estimate of drug-likeness (QED) is 0.742. The molecule has 3 atom stereocenters. The van der Waals surface area contributed by atoms with E-state index in [0.717, 1.165) is 51.8 Å². The summed E-state index contributed by atoms with van der Waals surface area (Å²) in [5.41, 5.74) is 0. The minimum absolute atomic E-state index is 0.00404. The molecular formula is C14H27NO4. The van der Waals surface area contributed by atoms with Crippen LogP contribution in [-0.2, 0) is 9.47 Å². The molecule has 0 bridgehead atoms. The van der Waals surface area contributed by atoms with Gasteiger partial charge in [0.15, 0.2) is 0 Å². The van der Waals surface area contributed by atoms with Crippen molar-refractivity contribution in [3.63, 3.8) is 0 Å². The average Bonchev–Trinajstić information content (AvgIpc) is 2.93. The number of hydrogen-bond acceptors (Lipinski definition) is 5. The summed E-state index contributed by atoms with van der Waals surface area (Å²) >= 11 is 0. The van der Waals surface area contributed by atoms with Crippen molar-refractivity contribution >= 4 is 0 Å². The van der Waals surface area contributed by atoms with Crippen molar-refractivity contribution in [3.8, 4) is 0 Å². The Kier molecular flexibility index (Phi) is 6.04. The van der Waals surface area contributed by atoms with Crippen LogP contribution in [0.25, 0.3) is 0 Å². The number of methoxy groups -OCH3 is 1. The highest BCUT2D eigenvalue weighted by Gasteiger charge is 2.32. The van der Waals surface area contributed by atoms with Gasteiger partial charge in [0.05, 0.1) is 18.8 Å². The lowest BCUT2D eigenvalue weighted by Crippen LogP contribution is -2.47. The Morgan fingerprint density at radius 3 is 2.58 bits per heavy atom. The van der Waals surface area contributed by atoms with Crippen LogP contribution in [0.5, 0.6) is 0 Å². The molecule has 0 aromatic heterocycles. The maximum Gasteiger partial charge on any atom is 0.133 e. The average molecular weight is 273 g/mol. The summed E-state index contributed by atoms with van der Waals surface area (Å²) in [5.74, 6) is 0.540. The third kappa shape index (κ3) is 4.39. The summed E-state index contributed by atoms with van der Waals surface area (Å²) in [7, 11) is 1.61. The van der Waals surface area contributed by atoms with Crippen molar-refractivity contribution in [1.82, 2.24) is 4.90 Å². The van der Waals surface area contributed by atoms with E-state index in [9.17, 15) is 10.2 Å². The second-order valence-electron chi connectivity index (χ2n) is 5.79. The Morgan fingerprint density at radius 2 is 2.00 bits per heavy atom. The van der Waals surface area contributed by atoms with Crippen LogP contribution in [0.3, 0.4) is 0 Å². The largest absolute Gasteiger partial charge is 0.391 e. The zero-order valence-corrected chi connectivity index (χ0v) is 11.8. The predicted octanol–water partition coefficient (Wildman–Crippen LogP) is 0.593. The van der Waals surface area contributed by atoms with Crippen LogP contribution < -0.4 is 0 Å². The number of hydrogen-bond donors (Lipinski definition) is 2. The molecule has 3 unspecified atom stereocenters. The number of piperidine rings is 1. The highest BCUT2D eigenvalue weighted by molar-refractivity contribution is 4.80. The second kappa shape index (κ2) is 7.55. The van der Waals surface area contributed by atoms with E-state index in [0.29, 0.717) is 12.5 Å². The van der Waals surface area contributed by atoms with Gasteiger partial charge in [-0.05, 0) is 38.0 Å². The SMILES string of the molecule is COCC(O)CC1CCN(C(O)C2CCCO2)CC1. The highest BCUT2D eigenvalue weighted by atomic mass is 16.5. The number of likely N-dealkylation sites (tertiary alicyclic amines) is 1. The first kappa shape index (κ1) is 15.2. The maximum absolute atomic E-state index is 10.3. The second-order valence-corrected chi connectivity index (χ2v) is 5.79. The Hall–Kier alpha value is -0.200. The minimum Gasteiger partial charge on any atom is -0.391 e. The van der Waals surface area contributed by atoms with E-state index in [4.69, 9.17) is 9.47 Å². The molecule has 112 valence electrons. The van der Waals surface area contributed by atoms with E-state index < -0.39 is 6.23 Å². The Balaban J connectivity index is 1.69. The van der Waals surface area contributed by atoms with Crippen LogP contribution in [0, 0.1) is 5.92 Å². The molecule has 2 rings (SSSR count). The van der Waals surface area contributed by atoms with Crippen molar-refractivity contribution in [1.29, 1.82) is 0 Å². The third-order valence-electron chi connectivity index (χ3n) is 4.29. The van der Waals surface area contributed by atoms with E-state index in [1.807, 2.05) is 0 Å². The number of rotatable bonds is 6. The van der Waals surface area contributed by atoms with E-state index in [1.165, 1.54) is 0 Å². The van der Waals surface area contributed by atoms with Crippen LogP contribution >= 0.6 is 0 Å². The van der Waals surface area contributed by atoms with Gasteiger partial charge in [-0.1, -0.05) is 0 Å². The molecule has 0 radical (unpaired) electrons. The van der Waals surface area contributed by atoms with E-state index in [2.05, 4.69) is 4.90 Å². The molecule has 2 aliphatic heterocycles. The molecule has 2 saturated heterocycles. The maximum atomic E-state index is 10.3. The highest BCUT2D eigenvalue weighted by Crippen LogP contribution is 2.26. The van der Waals surface area contributed by atoms with Crippen LogP contribution in [0.15, 0.2) is 0 Å². The normalized spacial score (nSPS) is 29.5. The van der Waals surface area contributed by atoms with Gasteiger partial charge >= 0.3 is 0 Å². The van der Waals surface area contributed by atoms with Gasteiger partial charge in [-0.3, -0.25) is 4.90 Å². The molecule has 2 N–H and O–H groups in total. The summed E-state index contributed by atoms with van der Waals surface area (Å²) in [6.07, 6.45) is 4.08. The summed E-state index contributed by atoms with van der Waals surface area (Å²) in [4.78, 5) is 2.12. The molecule has 0 saturated carbocycles. The first-order chi connectivity index (χ1) is 9.20. The van der Waals surface area contributed by atoms with Crippen LogP contribution in [0.2, 0.25) is 0 Å². The van der Waals surface area contributed by atoms with Crippen molar-refractivity contribution in [3.05, 3.63) is 0 Å². The van der Waals surface area contributed by atoms with Gasteiger partial charge in [-0.25, -0.2) is 0 Å². The lowest BCUT2D eigenvalue weighted by Gasteiger charge is -2.37. The molecule has 2 fully saturated rings. The molecule has 2 aliphatic rings. The summed E-state index contributed by atoms with van der Waals surface area (Å²) in [6.45, 7) is 2.98. The first-order valence-corrected chi connectivity index (χ1v) is 7.41. The molecule has 0 aromatic rings. The molecule has 0 aliphatic carbocycles. The fraction of sp³-hybridized carbons (Fsp3) is 1.00. The van der Waals surface area contributed by atoms with Gasteiger partial charge < -0.3 is 19.7 Å². The lowest BCUT2D eigenvalue weighted by molar-refractivity contribution is -0.102. The minimum atomic E-state index is -0.452. The Labute approximate surface area is 115 Å². The van der Waals surface area contributed by atoms with E-state index in [-0.39, 0.29) is 12.2 Å². The van der Waals surface area contributed by atoms with Crippen LogP contribution in [0.4, 0.5) is 0 Å². The number of aliphatic hydroxyl groups is 2. The van der Waals surface area contributed by atoms with Crippen LogP contribution in [0.1, 0.15) is 32.1 Å². The molecule has 5 heteroatoms. The Morgan fingerprint density at radius 1 is 1.26 bits per heavy atom. The number of ether oxygens (including phenoxy) is 2. The van der Waals surface area contributed by atoms with Gasteiger partial charge in [0.1, 0.15) is 6.23 Å². The topological polar surface area (TPSA) is 62.2 Å². The number of nitrogens with zero attached hydrogens (tertiary/aromatic N) is 1. The van der Waals surface area contributed by atoms with Crippen molar-refractivity contribution in [2.24, 2.45) is 5.92 Å². The summed E-state index contributed by atoms with van der Waals surface area (Å²) in [5, 5.41) is 20.0. The molecule has 0 aromatic carbocycles. The summed E-state index contributed by atoms with van der Waals surface area (Å²) < 4.78 is 10.5. The fourth-order valence-corrected chi connectivity index (χ4v) is 3.17.